The van der Waals surface area contributed by atoms with E-state index < -0.39 is 0 Å². The lowest BCUT2D eigenvalue weighted by atomic mass is 9.97. The number of hydrogen-bond donors (Lipinski definition) is 1. The van der Waals surface area contributed by atoms with Crippen molar-refractivity contribution < 1.29 is 0 Å². The van der Waals surface area contributed by atoms with Crippen LogP contribution in [0.5, 0.6) is 0 Å². The molecule has 1 rings (SSSR count). The van der Waals surface area contributed by atoms with E-state index in [1.807, 2.05) is 0 Å². The van der Waals surface area contributed by atoms with Crippen LogP contribution in [0.15, 0.2) is 0 Å². The van der Waals surface area contributed by atoms with Crippen LogP contribution in [0, 0.1) is 5.92 Å². The van der Waals surface area contributed by atoms with E-state index >= 15 is 0 Å². The third kappa shape index (κ3) is 6.27. The lowest BCUT2D eigenvalue weighted by Gasteiger charge is -2.33. The molecule has 19 heavy (non-hydrogen) atoms. The zero-order valence-electron chi connectivity index (χ0n) is 13.8. The van der Waals surface area contributed by atoms with Gasteiger partial charge in [-0.3, -0.25) is 0 Å². The Morgan fingerprint density at radius 3 is 2.26 bits per heavy atom. The van der Waals surface area contributed by atoms with Gasteiger partial charge in [0.25, 0.3) is 0 Å². The van der Waals surface area contributed by atoms with E-state index in [2.05, 4.69) is 38.0 Å². The third-order valence-corrected chi connectivity index (χ3v) is 4.92. The van der Waals surface area contributed by atoms with Crippen molar-refractivity contribution in [1.82, 2.24) is 10.2 Å². The normalized spacial score (nSPS) is 21.3. The van der Waals surface area contributed by atoms with Crippen LogP contribution in [0.2, 0.25) is 0 Å². The van der Waals surface area contributed by atoms with Crippen LogP contribution in [0.4, 0.5) is 0 Å². The molecule has 1 aliphatic carbocycles. The maximum Gasteiger partial charge on any atom is 0.0220 e. The van der Waals surface area contributed by atoms with E-state index in [1.54, 1.807) is 0 Å². The van der Waals surface area contributed by atoms with E-state index in [1.165, 1.54) is 57.9 Å². The summed E-state index contributed by atoms with van der Waals surface area (Å²) in [6.07, 6.45) is 11.1. The smallest absolute Gasteiger partial charge is 0.0220 e. The average molecular weight is 268 g/mol. The SMILES string of the molecule is CCCNC(CN(C)C1CCCCCC1)C(C)CC. The molecule has 0 bridgehead atoms. The van der Waals surface area contributed by atoms with E-state index in [-0.39, 0.29) is 0 Å². The van der Waals surface area contributed by atoms with Crippen molar-refractivity contribution in [1.29, 1.82) is 0 Å². The highest BCUT2D eigenvalue weighted by molar-refractivity contribution is 4.80. The Morgan fingerprint density at radius 1 is 1.11 bits per heavy atom. The summed E-state index contributed by atoms with van der Waals surface area (Å²) in [5.74, 6) is 0.778. The first kappa shape index (κ1) is 17.0. The third-order valence-electron chi connectivity index (χ3n) is 4.92. The second-order valence-electron chi connectivity index (χ2n) is 6.53. The van der Waals surface area contributed by atoms with Crippen molar-refractivity contribution >= 4 is 0 Å². The highest BCUT2D eigenvalue weighted by Crippen LogP contribution is 2.22. The highest BCUT2D eigenvalue weighted by Gasteiger charge is 2.22. The molecule has 2 atom stereocenters. The maximum absolute atomic E-state index is 3.76. The highest BCUT2D eigenvalue weighted by atomic mass is 15.2. The van der Waals surface area contributed by atoms with Crippen molar-refractivity contribution in [2.24, 2.45) is 5.92 Å². The van der Waals surface area contributed by atoms with Gasteiger partial charge in [0.2, 0.25) is 0 Å². The molecule has 0 saturated heterocycles. The molecule has 2 nitrogen and oxygen atoms in total. The quantitative estimate of drug-likeness (QED) is 0.668. The first-order chi connectivity index (χ1) is 9.19. The summed E-state index contributed by atoms with van der Waals surface area (Å²) in [4.78, 5) is 2.64. The summed E-state index contributed by atoms with van der Waals surface area (Å²) in [7, 11) is 2.35. The Morgan fingerprint density at radius 2 is 1.74 bits per heavy atom. The predicted molar refractivity (Wildman–Crippen MR) is 85.7 cm³/mol. The molecule has 0 aromatic heterocycles. The molecule has 0 aromatic rings. The second kappa shape index (κ2) is 9.77. The Hall–Kier alpha value is -0.0800. The molecule has 0 heterocycles. The Balaban J connectivity index is 2.45. The molecule has 0 amide bonds. The van der Waals surface area contributed by atoms with Crippen molar-refractivity contribution in [3.05, 3.63) is 0 Å². The van der Waals surface area contributed by atoms with Gasteiger partial charge in [0.1, 0.15) is 0 Å². The fourth-order valence-electron chi connectivity index (χ4n) is 3.22. The summed E-state index contributed by atoms with van der Waals surface area (Å²) < 4.78 is 0. The van der Waals surface area contributed by atoms with Gasteiger partial charge in [-0.25, -0.2) is 0 Å². The van der Waals surface area contributed by atoms with Crippen LogP contribution in [0.3, 0.4) is 0 Å². The average Bonchev–Trinajstić information content (AvgIpc) is 2.71. The van der Waals surface area contributed by atoms with Gasteiger partial charge < -0.3 is 10.2 Å². The molecule has 114 valence electrons. The fourth-order valence-corrected chi connectivity index (χ4v) is 3.22. The van der Waals surface area contributed by atoms with E-state index in [0.717, 1.165) is 18.5 Å². The summed E-state index contributed by atoms with van der Waals surface area (Å²) in [5.41, 5.74) is 0. The Labute approximate surface area is 121 Å². The van der Waals surface area contributed by atoms with Crippen LogP contribution in [0.25, 0.3) is 0 Å². The lowest BCUT2D eigenvalue weighted by Crippen LogP contribution is -2.46. The van der Waals surface area contributed by atoms with Crippen molar-refractivity contribution in [3.8, 4) is 0 Å². The topological polar surface area (TPSA) is 15.3 Å². The van der Waals surface area contributed by atoms with Crippen molar-refractivity contribution in [2.45, 2.75) is 84.2 Å². The van der Waals surface area contributed by atoms with E-state index in [0.29, 0.717) is 6.04 Å². The minimum Gasteiger partial charge on any atom is -0.312 e. The standard InChI is InChI=1S/C17H36N2/c1-5-13-18-17(15(3)6-2)14-19(4)16-11-9-7-8-10-12-16/h15-18H,5-14H2,1-4H3. The number of rotatable bonds is 8. The van der Waals surface area contributed by atoms with E-state index in [9.17, 15) is 0 Å². The number of nitrogens with one attached hydrogen (secondary N) is 1. The Kier molecular flexibility index (Phi) is 8.72. The molecule has 0 spiro atoms. The van der Waals surface area contributed by atoms with Gasteiger partial charge in [0.15, 0.2) is 0 Å². The van der Waals surface area contributed by atoms with Crippen LogP contribution in [-0.4, -0.2) is 37.1 Å². The van der Waals surface area contributed by atoms with Gasteiger partial charge in [-0.2, -0.15) is 0 Å². The molecule has 1 aliphatic rings. The zero-order valence-corrected chi connectivity index (χ0v) is 13.8. The van der Waals surface area contributed by atoms with Crippen molar-refractivity contribution in [3.63, 3.8) is 0 Å². The number of likely N-dealkylation sites (N-methyl/N-ethyl adjacent to an activating group) is 1. The molecule has 0 aromatic carbocycles. The zero-order chi connectivity index (χ0) is 14.1. The maximum atomic E-state index is 3.76. The lowest BCUT2D eigenvalue weighted by molar-refractivity contribution is 0.177. The molecule has 0 aliphatic heterocycles. The molecule has 1 fully saturated rings. The van der Waals surface area contributed by atoms with Crippen LogP contribution >= 0.6 is 0 Å². The van der Waals surface area contributed by atoms with Gasteiger partial charge in [0.05, 0.1) is 0 Å². The molecule has 2 unspecified atom stereocenters. The molecule has 2 heteroatoms. The van der Waals surface area contributed by atoms with Crippen LogP contribution < -0.4 is 5.32 Å². The van der Waals surface area contributed by atoms with Gasteiger partial charge in [0, 0.05) is 18.6 Å². The molecule has 0 radical (unpaired) electrons. The van der Waals surface area contributed by atoms with Gasteiger partial charge in [-0.05, 0) is 38.8 Å². The van der Waals surface area contributed by atoms with Crippen LogP contribution in [-0.2, 0) is 0 Å². The molecular formula is C17H36N2. The van der Waals surface area contributed by atoms with Crippen LogP contribution in [0.1, 0.15) is 72.1 Å². The second-order valence-corrected chi connectivity index (χ2v) is 6.53. The summed E-state index contributed by atoms with van der Waals surface area (Å²) >= 11 is 0. The molecule has 1 saturated carbocycles. The fraction of sp³-hybridized carbons (Fsp3) is 1.00. The summed E-state index contributed by atoms with van der Waals surface area (Å²) in [5, 5.41) is 3.76. The Bertz CT molecular complexity index is 209. The minimum atomic E-state index is 0.665. The van der Waals surface area contributed by atoms with Gasteiger partial charge in [-0.1, -0.05) is 52.9 Å². The first-order valence-electron chi connectivity index (χ1n) is 8.62. The molecule has 1 N–H and O–H groups in total. The van der Waals surface area contributed by atoms with Gasteiger partial charge >= 0.3 is 0 Å². The number of nitrogens with zero attached hydrogens (tertiary/aromatic N) is 1. The summed E-state index contributed by atoms with van der Waals surface area (Å²) in [6, 6.07) is 1.50. The minimum absolute atomic E-state index is 0.665. The summed E-state index contributed by atoms with van der Waals surface area (Å²) in [6.45, 7) is 9.36. The molecular weight excluding hydrogens is 232 g/mol. The first-order valence-corrected chi connectivity index (χ1v) is 8.62. The predicted octanol–water partition coefficient (Wildman–Crippen LogP) is 4.06. The monoisotopic (exact) mass is 268 g/mol. The van der Waals surface area contributed by atoms with E-state index in [4.69, 9.17) is 0 Å². The number of hydrogen-bond acceptors (Lipinski definition) is 2. The largest absolute Gasteiger partial charge is 0.312 e. The van der Waals surface area contributed by atoms with Crippen molar-refractivity contribution in [2.75, 3.05) is 20.1 Å². The van der Waals surface area contributed by atoms with Gasteiger partial charge in [-0.15, -0.1) is 0 Å².